The number of methoxy groups -OCH3 is 1. The average Bonchev–Trinajstić information content (AvgIpc) is 3.21. The zero-order valence-corrected chi connectivity index (χ0v) is 18.0. The molecule has 0 amide bonds. The topological polar surface area (TPSA) is 65.8 Å². The highest BCUT2D eigenvalue weighted by Crippen LogP contribution is 2.30. The van der Waals surface area contributed by atoms with Crippen molar-refractivity contribution >= 4 is 23.0 Å². The number of carbonyl (C=O) groups excluding carboxylic acids is 1. The smallest absolute Gasteiger partial charge is 0.305 e. The van der Waals surface area contributed by atoms with E-state index in [1.165, 1.54) is 7.11 Å². The number of hydrogen-bond acceptors (Lipinski definition) is 6. The van der Waals surface area contributed by atoms with Gasteiger partial charge < -0.3 is 19.1 Å². The van der Waals surface area contributed by atoms with Crippen LogP contribution in [0.5, 0.6) is 5.75 Å². The van der Waals surface area contributed by atoms with Gasteiger partial charge in [-0.05, 0) is 43.5 Å². The highest BCUT2D eigenvalue weighted by Gasteiger charge is 2.20. The zero-order chi connectivity index (χ0) is 21.5. The van der Waals surface area contributed by atoms with E-state index in [9.17, 15) is 4.79 Å². The van der Waals surface area contributed by atoms with Crippen LogP contribution in [0.2, 0.25) is 0 Å². The first-order chi connectivity index (χ1) is 15.3. The molecule has 0 atom stereocenters. The number of nitrogens with zero attached hydrogens (tertiary/aromatic N) is 3. The van der Waals surface area contributed by atoms with Gasteiger partial charge in [-0.1, -0.05) is 18.2 Å². The van der Waals surface area contributed by atoms with Crippen molar-refractivity contribution < 1.29 is 19.0 Å². The van der Waals surface area contributed by atoms with Gasteiger partial charge in [-0.25, -0.2) is 4.98 Å². The third-order valence-corrected chi connectivity index (χ3v) is 5.44. The molecule has 0 radical (unpaired) electrons. The van der Waals surface area contributed by atoms with Crippen LogP contribution in [-0.2, 0) is 14.3 Å². The lowest BCUT2D eigenvalue weighted by Gasteiger charge is -2.28. The minimum absolute atomic E-state index is 0.156. The minimum atomic E-state index is -0.156. The second kappa shape index (κ2) is 10.3. The summed E-state index contributed by atoms with van der Waals surface area (Å²) in [4.78, 5) is 18.4. The van der Waals surface area contributed by atoms with Gasteiger partial charge >= 0.3 is 5.97 Å². The number of esters is 1. The maximum atomic E-state index is 11.2. The summed E-state index contributed by atoms with van der Waals surface area (Å²) in [5.41, 5.74) is 3.04. The molecule has 4 rings (SSSR count). The lowest BCUT2D eigenvalue weighted by molar-refractivity contribution is -0.140. The van der Waals surface area contributed by atoms with E-state index in [-0.39, 0.29) is 5.97 Å². The number of unbranched alkanes of at least 4 members (excludes halogenated alkanes) is 2. The van der Waals surface area contributed by atoms with E-state index < -0.39 is 0 Å². The number of benzene rings is 2. The molecule has 2 heterocycles. The SMILES string of the molecule is COC(=O)CCCCCOc1ccc2nc(N3CCOCC3)n(-c3ccccc3)c2c1. The van der Waals surface area contributed by atoms with Gasteiger partial charge in [-0.2, -0.15) is 0 Å². The summed E-state index contributed by atoms with van der Waals surface area (Å²) >= 11 is 0. The third kappa shape index (κ3) is 5.17. The number of rotatable bonds is 9. The Bertz CT molecular complexity index is 997. The molecule has 1 aliphatic rings. The Morgan fingerprint density at radius 1 is 1.06 bits per heavy atom. The van der Waals surface area contributed by atoms with Crippen LogP contribution < -0.4 is 9.64 Å². The van der Waals surface area contributed by atoms with Gasteiger partial charge in [0.2, 0.25) is 5.95 Å². The minimum Gasteiger partial charge on any atom is -0.494 e. The monoisotopic (exact) mass is 423 g/mol. The summed E-state index contributed by atoms with van der Waals surface area (Å²) in [7, 11) is 1.42. The van der Waals surface area contributed by atoms with Gasteiger partial charge in [0, 0.05) is 31.3 Å². The lowest BCUT2D eigenvalue weighted by Crippen LogP contribution is -2.37. The Labute approximate surface area is 182 Å². The molecule has 1 aromatic heterocycles. The summed E-state index contributed by atoms with van der Waals surface area (Å²) in [6, 6.07) is 16.4. The van der Waals surface area contributed by atoms with Crippen molar-refractivity contribution in [2.24, 2.45) is 0 Å². The Balaban J connectivity index is 1.52. The quantitative estimate of drug-likeness (QED) is 0.383. The molecule has 3 aromatic rings. The fourth-order valence-corrected chi connectivity index (χ4v) is 3.78. The number of hydrogen-bond donors (Lipinski definition) is 0. The highest BCUT2D eigenvalue weighted by molar-refractivity contribution is 5.83. The summed E-state index contributed by atoms with van der Waals surface area (Å²) in [5.74, 6) is 1.60. The molecule has 31 heavy (non-hydrogen) atoms. The predicted octanol–water partition coefficient (Wildman–Crippen LogP) is 3.97. The molecule has 0 unspecified atom stereocenters. The summed E-state index contributed by atoms with van der Waals surface area (Å²) < 4.78 is 18.4. The molecule has 0 aliphatic carbocycles. The fraction of sp³-hybridized carbons (Fsp3) is 0.417. The highest BCUT2D eigenvalue weighted by atomic mass is 16.5. The average molecular weight is 424 g/mol. The number of carbonyl (C=O) groups is 1. The molecule has 1 fully saturated rings. The number of para-hydroxylation sites is 1. The van der Waals surface area contributed by atoms with Crippen molar-refractivity contribution in [3.8, 4) is 11.4 Å². The van der Waals surface area contributed by atoms with E-state index >= 15 is 0 Å². The maximum Gasteiger partial charge on any atom is 0.305 e. The van der Waals surface area contributed by atoms with E-state index in [2.05, 4.69) is 32.4 Å². The van der Waals surface area contributed by atoms with Crippen molar-refractivity contribution in [2.45, 2.75) is 25.7 Å². The van der Waals surface area contributed by atoms with Crippen LogP contribution in [0, 0.1) is 0 Å². The normalized spacial score (nSPS) is 14.0. The molecule has 0 spiro atoms. The number of aromatic nitrogens is 2. The molecular formula is C24H29N3O4. The van der Waals surface area contributed by atoms with E-state index in [0.29, 0.717) is 26.2 Å². The van der Waals surface area contributed by atoms with Crippen LogP contribution in [0.4, 0.5) is 5.95 Å². The Hall–Kier alpha value is -3.06. The number of fused-ring (bicyclic) bond motifs is 1. The molecule has 0 saturated carbocycles. The lowest BCUT2D eigenvalue weighted by atomic mass is 10.2. The second-order valence-electron chi connectivity index (χ2n) is 7.57. The summed E-state index contributed by atoms with van der Waals surface area (Å²) in [6.45, 7) is 3.68. The predicted molar refractivity (Wildman–Crippen MR) is 120 cm³/mol. The fourth-order valence-electron chi connectivity index (χ4n) is 3.78. The molecule has 1 aliphatic heterocycles. The van der Waals surface area contributed by atoms with Crippen molar-refractivity contribution in [1.82, 2.24) is 9.55 Å². The molecule has 7 nitrogen and oxygen atoms in total. The first-order valence-electron chi connectivity index (χ1n) is 10.9. The summed E-state index contributed by atoms with van der Waals surface area (Å²) in [5, 5.41) is 0. The Kier molecular flexibility index (Phi) is 7.04. The maximum absolute atomic E-state index is 11.2. The number of morpholine rings is 1. The van der Waals surface area contributed by atoms with Gasteiger partial charge in [0.25, 0.3) is 0 Å². The van der Waals surface area contributed by atoms with Gasteiger partial charge in [-0.3, -0.25) is 9.36 Å². The van der Waals surface area contributed by atoms with Crippen molar-refractivity contribution in [3.05, 3.63) is 48.5 Å². The molecule has 164 valence electrons. The number of ether oxygens (including phenoxy) is 3. The van der Waals surface area contributed by atoms with Crippen LogP contribution in [0.3, 0.4) is 0 Å². The third-order valence-electron chi connectivity index (χ3n) is 5.44. The van der Waals surface area contributed by atoms with Crippen LogP contribution >= 0.6 is 0 Å². The standard InChI is InChI=1S/C24H29N3O4/c1-29-23(28)10-6-3-7-15-31-20-11-12-21-22(18-20)27(19-8-4-2-5-9-19)24(25-21)26-13-16-30-17-14-26/h2,4-5,8-9,11-12,18H,3,6-7,10,13-17H2,1H3. The van der Waals surface area contributed by atoms with Crippen LogP contribution in [0.15, 0.2) is 48.5 Å². The molecule has 0 bridgehead atoms. The van der Waals surface area contributed by atoms with E-state index in [4.69, 9.17) is 14.5 Å². The molecule has 2 aromatic carbocycles. The van der Waals surface area contributed by atoms with Gasteiger partial charge in [0.1, 0.15) is 5.75 Å². The number of imidazole rings is 1. The van der Waals surface area contributed by atoms with E-state index in [1.54, 1.807) is 0 Å². The van der Waals surface area contributed by atoms with E-state index in [0.717, 1.165) is 60.8 Å². The van der Waals surface area contributed by atoms with Gasteiger partial charge in [-0.15, -0.1) is 0 Å². The van der Waals surface area contributed by atoms with Crippen LogP contribution in [0.1, 0.15) is 25.7 Å². The van der Waals surface area contributed by atoms with E-state index in [1.807, 2.05) is 30.3 Å². The van der Waals surface area contributed by atoms with Crippen molar-refractivity contribution in [2.75, 3.05) is 44.9 Å². The molecule has 1 saturated heterocycles. The Morgan fingerprint density at radius 2 is 1.87 bits per heavy atom. The van der Waals surface area contributed by atoms with Crippen LogP contribution in [-0.4, -0.2) is 55.5 Å². The largest absolute Gasteiger partial charge is 0.494 e. The zero-order valence-electron chi connectivity index (χ0n) is 18.0. The Morgan fingerprint density at radius 3 is 2.65 bits per heavy atom. The summed E-state index contributed by atoms with van der Waals surface area (Å²) in [6.07, 6.45) is 3.11. The first kappa shape index (κ1) is 21.2. The molecular weight excluding hydrogens is 394 g/mol. The second-order valence-corrected chi connectivity index (χ2v) is 7.57. The van der Waals surface area contributed by atoms with Crippen molar-refractivity contribution in [3.63, 3.8) is 0 Å². The molecule has 7 heteroatoms. The molecule has 0 N–H and O–H groups in total. The van der Waals surface area contributed by atoms with Gasteiger partial charge in [0.05, 0.1) is 38.0 Å². The number of anilines is 1. The van der Waals surface area contributed by atoms with Crippen LogP contribution in [0.25, 0.3) is 16.7 Å². The van der Waals surface area contributed by atoms with Crippen molar-refractivity contribution in [1.29, 1.82) is 0 Å². The van der Waals surface area contributed by atoms with Gasteiger partial charge in [0.15, 0.2) is 0 Å². The first-order valence-corrected chi connectivity index (χ1v) is 10.9.